The van der Waals surface area contributed by atoms with Crippen molar-refractivity contribution in [3.05, 3.63) is 34.9 Å². The number of carbonyl (C=O) groups is 1. The lowest BCUT2D eigenvalue weighted by Crippen LogP contribution is -2.44. The smallest absolute Gasteiger partial charge is 0.243 e. The number of fused-ring (bicyclic) bond motifs is 1. The molecular formula is C23H37IN4O2. The van der Waals surface area contributed by atoms with E-state index in [0.717, 1.165) is 19.4 Å². The molecule has 2 N–H and O–H groups in total. The van der Waals surface area contributed by atoms with Gasteiger partial charge in [-0.1, -0.05) is 18.2 Å². The van der Waals surface area contributed by atoms with Crippen LogP contribution in [0.2, 0.25) is 0 Å². The number of benzene rings is 1. The zero-order valence-corrected chi connectivity index (χ0v) is 20.9. The quantitative estimate of drug-likeness (QED) is 0.338. The predicted octanol–water partition coefficient (Wildman–Crippen LogP) is 3.44. The average Bonchev–Trinajstić information content (AvgIpc) is 2.75. The Labute approximate surface area is 198 Å². The lowest BCUT2D eigenvalue weighted by molar-refractivity contribution is -0.127. The molecule has 0 bridgehead atoms. The number of nitrogens with zero attached hydrogens (tertiary/aromatic N) is 2. The fourth-order valence-corrected chi connectivity index (χ4v) is 3.93. The van der Waals surface area contributed by atoms with Gasteiger partial charge in [-0.3, -0.25) is 4.79 Å². The van der Waals surface area contributed by atoms with Gasteiger partial charge >= 0.3 is 0 Å². The minimum Gasteiger partial charge on any atom is -0.376 e. The van der Waals surface area contributed by atoms with Gasteiger partial charge in [-0.25, -0.2) is 4.99 Å². The fraction of sp³-hybridized carbons (Fsp3) is 0.652. The minimum absolute atomic E-state index is 0. The van der Waals surface area contributed by atoms with Gasteiger partial charge < -0.3 is 20.3 Å². The van der Waals surface area contributed by atoms with Gasteiger partial charge in [0.05, 0.1) is 12.1 Å². The Kier molecular flexibility index (Phi) is 10.4. The van der Waals surface area contributed by atoms with Crippen molar-refractivity contribution in [3.63, 3.8) is 0 Å². The molecule has 1 aliphatic carbocycles. The number of ether oxygens (including phenoxy) is 1. The van der Waals surface area contributed by atoms with Crippen molar-refractivity contribution in [1.29, 1.82) is 0 Å². The molecule has 1 heterocycles. The summed E-state index contributed by atoms with van der Waals surface area (Å²) in [6.45, 7) is 3.81. The summed E-state index contributed by atoms with van der Waals surface area (Å²) in [5.74, 6) is 0.654. The number of likely N-dealkylation sites (N-methyl/N-ethyl adjacent to an activating group) is 1. The van der Waals surface area contributed by atoms with E-state index in [-0.39, 0.29) is 48.6 Å². The largest absolute Gasteiger partial charge is 0.376 e. The molecule has 0 radical (unpaired) electrons. The molecule has 1 amide bonds. The van der Waals surface area contributed by atoms with Gasteiger partial charge in [-0.2, -0.15) is 0 Å². The lowest BCUT2D eigenvalue weighted by atomic mass is 9.89. The van der Waals surface area contributed by atoms with Crippen molar-refractivity contribution in [1.82, 2.24) is 15.5 Å². The number of aliphatic imine (C=N–C) groups is 1. The van der Waals surface area contributed by atoms with Crippen molar-refractivity contribution < 1.29 is 9.53 Å². The molecule has 2 aliphatic rings. The normalized spacial score (nSPS) is 19.8. The summed E-state index contributed by atoms with van der Waals surface area (Å²) in [6.07, 6.45) is 8.56. The topological polar surface area (TPSA) is 66.0 Å². The maximum atomic E-state index is 12.0. The number of halogens is 1. The van der Waals surface area contributed by atoms with Crippen molar-refractivity contribution in [3.8, 4) is 0 Å². The Morgan fingerprint density at radius 2 is 1.97 bits per heavy atom. The number of nitrogens with one attached hydrogen (secondary N) is 2. The van der Waals surface area contributed by atoms with Gasteiger partial charge in [-0.05, 0) is 68.6 Å². The van der Waals surface area contributed by atoms with E-state index in [9.17, 15) is 4.79 Å². The second-order valence-electron chi connectivity index (χ2n) is 8.42. The van der Waals surface area contributed by atoms with Gasteiger partial charge in [0.15, 0.2) is 5.96 Å². The van der Waals surface area contributed by atoms with Crippen LogP contribution < -0.4 is 10.6 Å². The van der Waals surface area contributed by atoms with E-state index in [1.165, 1.54) is 48.8 Å². The van der Waals surface area contributed by atoms with Gasteiger partial charge in [0.25, 0.3) is 0 Å². The molecule has 7 heteroatoms. The molecule has 168 valence electrons. The van der Waals surface area contributed by atoms with Gasteiger partial charge in [0, 0.05) is 27.2 Å². The first-order chi connectivity index (χ1) is 14.0. The second-order valence-corrected chi connectivity index (χ2v) is 8.42. The summed E-state index contributed by atoms with van der Waals surface area (Å²) in [4.78, 5) is 18.1. The minimum atomic E-state index is -0.0125. The maximum Gasteiger partial charge on any atom is 0.243 e. The van der Waals surface area contributed by atoms with Gasteiger partial charge in [-0.15, -0.1) is 24.0 Å². The SMILES string of the molecule is CC(NC(=NCC(=O)N(C)C)NCC1CCCCO1)c1ccc2c(c1)CCCC2.I. The highest BCUT2D eigenvalue weighted by Crippen LogP contribution is 2.24. The first-order valence-electron chi connectivity index (χ1n) is 11.0. The Balaban J connectivity index is 0.00000320. The van der Waals surface area contributed by atoms with Crippen LogP contribution >= 0.6 is 24.0 Å². The molecule has 1 aromatic carbocycles. The van der Waals surface area contributed by atoms with Gasteiger partial charge in [0.1, 0.15) is 6.54 Å². The van der Waals surface area contributed by atoms with Crippen LogP contribution in [0.5, 0.6) is 0 Å². The zero-order valence-electron chi connectivity index (χ0n) is 18.6. The Morgan fingerprint density at radius 3 is 2.67 bits per heavy atom. The molecule has 0 spiro atoms. The standard InChI is InChI=1S/C23H36N4O2.HI/c1-17(19-12-11-18-8-4-5-9-20(18)14-19)26-23(25-16-22(28)27(2)3)24-15-21-10-6-7-13-29-21;/h11-12,14,17,21H,4-10,13,15-16H2,1-3H3,(H2,24,25,26);1H. The van der Waals surface area contributed by atoms with Crippen LogP contribution in [0, 0.1) is 0 Å². The maximum absolute atomic E-state index is 12.0. The highest BCUT2D eigenvalue weighted by Gasteiger charge is 2.17. The lowest BCUT2D eigenvalue weighted by Gasteiger charge is -2.25. The van der Waals surface area contributed by atoms with Crippen LogP contribution in [0.15, 0.2) is 23.2 Å². The Bertz CT molecular complexity index is 717. The molecular weight excluding hydrogens is 491 g/mol. The first-order valence-corrected chi connectivity index (χ1v) is 11.0. The summed E-state index contributed by atoms with van der Waals surface area (Å²) >= 11 is 0. The second kappa shape index (κ2) is 12.5. The molecule has 30 heavy (non-hydrogen) atoms. The molecule has 0 saturated carbocycles. The third kappa shape index (κ3) is 7.41. The third-order valence-corrected chi connectivity index (χ3v) is 5.87. The molecule has 1 saturated heterocycles. The van der Waals surface area contributed by atoms with E-state index in [4.69, 9.17) is 4.74 Å². The van der Waals surface area contributed by atoms with E-state index < -0.39 is 0 Å². The highest BCUT2D eigenvalue weighted by atomic mass is 127. The molecule has 2 atom stereocenters. The third-order valence-electron chi connectivity index (χ3n) is 5.87. The molecule has 6 nitrogen and oxygen atoms in total. The number of hydrogen-bond donors (Lipinski definition) is 2. The van der Waals surface area contributed by atoms with Crippen LogP contribution in [0.3, 0.4) is 0 Å². The van der Waals surface area contributed by atoms with E-state index in [2.05, 4.69) is 40.7 Å². The number of hydrogen-bond acceptors (Lipinski definition) is 3. The molecule has 0 aromatic heterocycles. The van der Waals surface area contributed by atoms with E-state index in [1.807, 2.05) is 0 Å². The molecule has 3 rings (SSSR count). The molecule has 2 unspecified atom stereocenters. The van der Waals surface area contributed by atoms with Crippen LogP contribution in [0.4, 0.5) is 0 Å². The fourth-order valence-electron chi connectivity index (χ4n) is 3.93. The van der Waals surface area contributed by atoms with Crippen LogP contribution in [0.25, 0.3) is 0 Å². The van der Waals surface area contributed by atoms with E-state index >= 15 is 0 Å². The van der Waals surface area contributed by atoms with Crippen LogP contribution in [0.1, 0.15) is 61.8 Å². The predicted molar refractivity (Wildman–Crippen MR) is 133 cm³/mol. The molecule has 1 aromatic rings. The van der Waals surface area contributed by atoms with E-state index in [1.54, 1.807) is 19.0 Å². The van der Waals surface area contributed by atoms with Crippen LogP contribution in [-0.4, -0.2) is 56.7 Å². The van der Waals surface area contributed by atoms with Gasteiger partial charge in [0.2, 0.25) is 5.91 Å². The zero-order chi connectivity index (χ0) is 20.6. The number of aryl methyl sites for hydroxylation is 2. The monoisotopic (exact) mass is 528 g/mol. The summed E-state index contributed by atoms with van der Waals surface area (Å²) in [6, 6.07) is 6.93. The van der Waals surface area contributed by atoms with E-state index in [0.29, 0.717) is 12.5 Å². The summed E-state index contributed by atoms with van der Waals surface area (Å²) in [7, 11) is 3.51. The van der Waals surface area contributed by atoms with Crippen molar-refractivity contribution in [2.45, 2.75) is 64.0 Å². The Morgan fingerprint density at radius 1 is 1.20 bits per heavy atom. The summed E-state index contributed by atoms with van der Waals surface area (Å²) < 4.78 is 5.82. The molecule has 1 aliphatic heterocycles. The van der Waals surface area contributed by atoms with Crippen molar-refractivity contribution >= 4 is 35.8 Å². The summed E-state index contributed by atoms with van der Waals surface area (Å²) in [5, 5.41) is 6.88. The first kappa shape index (κ1) is 24.9. The highest BCUT2D eigenvalue weighted by molar-refractivity contribution is 14.0. The number of rotatable bonds is 6. The number of amides is 1. The molecule has 1 fully saturated rings. The number of guanidine groups is 1. The summed E-state index contributed by atoms with van der Waals surface area (Å²) in [5.41, 5.74) is 4.23. The number of carbonyl (C=O) groups excluding carboxylic acids is 1. The Hall–Kier alpha value is -1.35. The van der Waals surface area contributed by atoms with Crippen LogP contribution in [-0.2, 0) is 22.4 Å². The average molecular weight is 528 g/mol. The van der Waals surface area contributed by atoms with Crippen molar-refractivity contribution in [2.24, 2.45) is 4.99 Å². The van der Waals surface area contributed by atoms with Crippen molar-refractivity contribution in [2.75, 3.05) is 33.8 Å².